The van der Waals surface area contributed by atoms with Crippen LogP contribution in [0.1, 0.15) is 35.7 Å². The van der Waals surface area contributed by atoms with Crippen molar-refractivity contribution in [1.29, 1.82) is 0 Å². The zero-order valence-electron chi connectivity index (χ0n) is 11.1. The second-order valence-corrected chi connectivity index (χ2v) is 4.02. The molecule has 18 heavy (non-hydrogen) atoms. The van der Waals surface area contributed by atoms with Crippen LogP contribution in [-0.4, -0.2) is 20.0 Å². The molecule has 0 aliphatic carbocycles. The van der Waals surface area contributed by atoms with Gasteiger partial charge in [-0.05, 0) is 25.0 Å². The Labute approximate surface area is 108 Å². The van der Waals surface area contributed by atoms with Gasteiger partial charge >= 0.3 is 0 Å². The maximum absolute atomic E-state index is 10.9. The highest BCUT2D eigenvalue weighted by molar-refractivity contribution is 5.77. The van der Waals surface area contributed by atoms with Crippen molar-refractivity contribution in [3.05, 3.63) is 35.9 Å². The monoisotopic (exact) mass is 248 g/mol. The summed E-state index contributed by atoms with van der Waals surface area (Å²) >= 11 is 0. The fraction of sp³-hybridized carbons (Fsp3) is 0.400. The van der Waals surface area contributed by atoms with Crippen LogP contribution in [0.25, 0.3) is 0 Å². The normalized spacial score (nSPS) is 9.89. The Hall–Kier alpha value is -1.77. The van der Waals surface area contributed by atoms with Gasteiger partial charge in [-0.1, -0.05) is 19.4 Å². The van der Waals surface area contributed by atoms with Gasteiger partial charge in [-0.2, -0.15) is 0 Å². The zero-order valence-corrected chi connectivity index (χ0v) is 11.1. The van der Waals surface area contributed by atoms with Crippen LogP contribution >= 0.6 is 0 Å². The first kappa shape index (κ1) is 14.3. The Kier molecular flexibility index (Phi) is 5.98. The molecule has 0 fully saturated rings. The first-order valence-electron chi connectivity index (χ1n) is 6.16. The number of rotatable bonds is 8. The fourth-order valence-corrected chi connectivity index (χ4v) is 1.69. The Morgan fingerprint density at radius 3 is 2.72 bits per heavy atom. The topological polar surface area (TPSA) is 35.5 Å². The van der Waals surface area contributed by atoms with Crippen molar-refractivity contribution >= 4 is 6.29 Å². The molecule has 0 N–H and O–H groups in total. The third kappa shape index (κ3) is 3.62. The summed E-state index contributed by atoms with van der Waals surface area (Å²) in [5, 5.41) is 0. The molecule has 0 spiro atoms. The van der Waals surface area contributed by atoms with Crippen molar-refractivity contribution in [1.82, 2.24) is 0 Å². The Balaban J connectivity index is 3.08. The van der Waals surface area contributed by atoms with Crippen molar-refractivity contribution in [2.24, 2.45) is 0 Å². The molecule has 0 aliphatic heterocycles. The highest BCUT2D eigenvalue weighted by atomic mass is 16.5. The predicted molar refractivity (Wildman–Crippen MR) is 72.7 cm³/mol. The molecule has 0 heterocycles. The van der Waals surface area contributed by atoms with Crippen LogP contribution in [0.5, 0.6) is 11.5 Å². The highest BCUT2D eigenvalue weighted by Crippen LogP contribution is 2.33. The van der Waals surface area contributed by atoms with Crippen LogP contribution in [0.3, 0.4) is 0 Å². The first-order valence-corrected chi connectivity index (χ1v) is 6.16. The van der Waals surface area contributed by atoms with Crippen molar-refractivity contribution < 1.29 is 14.3 Å². The van der Waals surface area contributed by atoms with Gasteiger partial charge in [-0.15, -0.1) is 6.58 Å². The van der Waals surface area contributed by atoms with Crippen LogP contribution in [0, 0.1) is 0 Å². The van der Waals surface area contributed by atoms with E-state index in [2.05, 4.69) is 13.5 Å². The smallest absolute Gasteiger partial charge is 0.164 e. The third-order valence-electron chi connectivity index (χ3n) is 2.62. The van der Waals surface area contributed by atoms with E-state index in [-0.39, 0.29) is 0 Å². The van der Waals surface area contributed by atoms with Crippen molar-refractivity contribution in [3.63, 3.8) is 0 Å². The molecular weight excluding hydrogens is 228 g/mol. The van der Waals surface area contributed by atoms with E-state index in [1.807, 2.05) is 6.07 Å². The fourth-order valence-electron chi connectivity index (χ4n) is 1.69. The second kappa shape index (κ2) is 7.54. The quantitative estimate of drug-likeness (QED) is 0.402. The average molecular weight is 248 g/mol. The van der Waals surface area contributed by atoms with E-state index in [4.69, 9.17) is 9.47 Å². The number of hydrogen-bond donors (Lipinski definition) is 0. The van der Waals surface area contributed by atoms with Gasteiger partial charge in [0, 0.05) is 11.1 Å². The predicted octanol–water partition coefficient (Wildman–Crippen LogP) is 3.42. The number of hydrogen-bond acceptors (Lipinski definition) is 3. The average Bonchev–Trinajstić information content (AvgIpc) is 2.40. The van der Waals surface area contributed by atoms with E-state index in [9.17, 15) is 4.79 Å². The molecule has 0 radical (unpaired) electrons. The van der Waals surface area contributed by atoms with Gasteiger partial charge in [-0.3, -0.25) is 4.79 Å². The summed E-state index contributed by atoms with van der Waals surface area (Å²) in [5.41, 5.74) is 1.52. The number of ether oxygens (including phenoxy) is 2. The molecule has 1 aromatic carbocycles. The van der Waals surface area contributed by atoms with Gasteiger partial charge in [0.05, 0.1) is 13.7 Å². The third-order valence-corrected chi connectivity index (χ3v) is 2.62. The molecule has 0 aromatic heterocycles. The molecule has 1 aromatic rings. The lowest BCUT2D eigenvalue weighted by molar-refractivity contribution is 0.112. The van der Waals surface area contributed by atoms with E-state index < -0.39 is 0 Å². The minimum Gasteiger partial charge on any atom is -0.493 e. The molecule has 0 saturated carbocycles. The summed E-state index contributed by atoms with van der Waals surface area (Å²) in [6.45, 7) is 6.48. The number of carbonyl (C=O) groups is 1. The van der Waals surface area contributed by atoms with E-state index in [0.717, 1.165) is 30.4 Å². The second-order valence-electron chi connectivity index (χ2n) is 4.02. The molecule has 0 bridgehead atoms. The molecule has 1 rings (SSSR count). The number of benzene rings is 1. The van der Waals surface area contributed by atoms with Gasteiger partial charge in [0.1, 0.15) is 6.29 Å². The van der Waals surface area contributed by atoms with Crippen molar-refractivity contribution in [2.75, 3.05) is 13.7 Å². The lowest BCUT2D eigenvalue weighted by Gasteiger charge is -2.15. The molecule has 0 saturated heterocycles. The Morgan fingerprint density at radius 1 is 1.39 bits per heavy atom. The standard InChI is InChI=1S/C15H20O3/c1-4-6-8-18-15-13(7-5-2)9-12(11-16)10-14(15)17-3/h5,9-11H,2,4,6-8H2,1,3H3. The molecule has 98 valence electrons. The molecule has 3 nitrogen and oxygen atoms in total. The molecular formula is C15H20O3. The lowest BCUT2D eigenvalue weighted by atomic mass is 10.1. The summed E-state index contributed by atoms with van der Waals surface area (Å²) in [5.74, 6) is 1.32. The van der Waals surface area contributed by atoms with Crippen LogP contribution in [-0.2, 0) is 6.42 Å². The maximum atomic E-state index is 10.9. The Bertz CT molecular complexity index is 410. The van der Waals surface area contributed by atoms with Crippen molar-refractivity contribution in [2.45, 2.75) is 26.2 Å². The van der Waals surface area contributed by atoms with Crippen LogP contribution in [0.4, 0.5) is 0 Å². The van der Waals surface area contributed by atoms with Gasteiger partial charge < -0.3 is 9.47 Å². The summed E-state index contributed by atoms with van der Waals surface area (Å²) < 4.78 is 11.1. The molecule has 0 aliphatic rings. The van der Waals surface area contributed by atoms with Gasteiger partial charge in [-0.25, -0.2) is 0 Å². The zero-order chi connectivity index (χ0) is 13.4. The molecule has 0 unspecified atom stereocenters. The van der Waals surface area contributed by atoms with E-state index in [0.29, 0.717) is 24.3 Å². The van der Waals surface area contributed by atoms with Gasteiger partial charge in [0.25, 0.3) is 0 Å². The summed E-state index contributed by atoms with van der Waals surface area (Å²) in [7, 11) is 1.58. The largest absolute Gasteiger partial charge is 0.493 e. The van der Waals surface area contributed by atoms with Crippen molar-refractivity contribution in [3.8, 4) is 11.5 Å². The van der Waals surface area contributed by atoms with Crippen LogP contribution in [0.2, 0.25) is 0 Å². The number of methoxy groups -OCH3 is 1. The van der Waals surface area contributed by atoms with Gasteiger partial charge in [0.2, 0.25) is 0 Å². The molecule has 0 amide bonds. The van der Waals surface area contributed by atoms with E-state index >= 15 is 0 Å². The van der Waals surface area contributed by atoms with Crippen LogP contribution < -0.4 is 9.47 Å². The minimum atomic E-state index is 0.589. The van der Waals surface area contributed by atoms with E-state index in [1.54, 1.807) is 19.3 Å². The number of allylic oxidation sites excluding steroid dienone is 1. The minimum absolute atomic E-state index is 0.589. The van der Waals surface area contributed by atoms with Gasteiger partial charge in [0.15, 0.2) is 11.5 Å². The number of unbranched alkanes of at least 4 members (excludes halogenated alkanes) is 1. The summed E-state index contributed by atoms with van der Waals surface area (Å²) in [6.07, 6.45) is 5.32. The number of aldehydes is 1. The SMILES string of the molecule is C=CCc1cc(C=O)cc(OC)c1OCCCC. The molecule has 0 atom stereocenters. The lowest BCUT2D eigenvalue weighted by Crippen LogP contribution is -2.03. The van der Waals surface area contributed by atoms with E-state index in [1.165, 1.54) is 0 Å². The maximum Gasteiger partial charge on any atom is 0.164 e. The summed E-state index contributed by atoms with van der Waals surface area (Å²) in [6, 6.07) is 3.51. The Morgan fingerprint density at radius 2 is 2.17 bits per heavy atom. The number of carbonyl (C=O) groups excluding carboxylic acids is 1. The summed E-state index contributed by atoms with van der Waals surface area (Å²) in [4.78, 5) is 10.9. The highest BCUT2D eigenvalue weighted by Gasteiger charge is 2.12. The molecule has 3 heteroatoms. The van der Waals surface area contributed by atoms with Crippen LogP contribution in [0.15, 0.2) is 24.8 Å². The first-order chi connectivity index (χ1) is 8.76.